The normalized spacial score (nSPS) is 20.0. The van der Waals surface area contributed by atoms with Gasteiger partial charge in [-0.2, -0.15) is 0 Å². The molecule has 5 aromatic carbocycles. The molecule has 2 aliphatic carbocycles. The second kappa shape index (κ2) is 10.1. The minimum atomic E-state index is 0.0926. The van der Waals surface area contributed by atoms with Crippen LogP contribution in [0.2, 0.25) is 0 Å². The summed E-state index contributed by atoms with van der Waals surface area (Å²) in [4.78, 5) is 10.6. The van der Waals surface area contributed by atoms with E-state index in [2.05, 4.69) is 146 Å². The van der Waals surface area contributed by atoms with Crippen LogP contribution in [0.1, 0.15) is 37.4 Å². The van der Waals surface area contributed by atoms with Crippen LogP contribution >= 0.6 is 0 Å². The Bertz CT molecular complexity index is 2420. The summed E-state index contributed by atoms with van der Waals surface area (Å²) in [6.45, 7) is 4.59. The van der Waals surface area contributed by atoms with E-state index in [0.717, 1.165) is 33.9 Å². The molecular formula is C42H33N3. The molecule has 0 spiro atoms. The number of aromatic nitrogens is 3. The maximum Gasteiger partial charge on any atom is 0.0975 e. The van der Waals surface area contributed by atoms with Crippen LogP contribution in [0.15, 0.2) is 134 Å². The first kappa shape index (κ1) is 26.2. The Morgan fingerprint density at radius 1 is 0.644 bits per heavy atom. The quantitative estimate of drug-likeness (QED) is 0.195. The van der Waals surface area contributed by atoms with E-state index in [1.165, 1.54) is 49.4 Å². The summed E-state index contributed by atoms with van der Waals surface area (Å²) in [5.74, 6) is 0.899. The zero-order valence-corrected chi connectivity index (χ0v) is 25.5. The van der Waals surface area contributed by atoms with Gasteiger partial charge < -0.3 is 4.57 Å². The van der Waals surface area contributed by atoms with Crippen LogP contribution in [-0.4, -0.2) is 14.5 Å². The number of allylic oxidation sites excluding steroid dienone is 8. The number of nitrogens with zero attached hydrogens (tertiary/aromatic N) is 3. The highest BCUT2D eigenvalue weighted by atomic mass is 15.0. The molecule has 2 aromatic heterocycles. The van der Waals surface area contributed by atoms with Crippen LogP contribution in [-0.2, 0) is 0 Å². The van der Waals surface area contributed by atoms with Crippen molar-refractivity contribution in [2.45, 2.75) is 26.2 Å². The Balaban J connectivity index is 1.22. The average molecular weight is 580 g/mol. The predicted molar refractivity (Wildman–Crippen MR) is 190 cm³/mol. The van der Waals surface area contributed by atoms with Crippen molar-refractivity contribution in [3.63, 3.8) is 0 Å². The van der Waals surface area contributed by atoms with Crippen molar-refractivity contribution in [3.8, 4) is 0 Å². The highest BCUT2D eigenvalue weighted by Gasteiger charge is 2.28. The summed E-state index contributed by atoms with van der Waals surface area (Å²) >= 11 is 0. The fourth-order valence-electron chi connectivity index (χ4n) is 7.77. The molecule has 0 N–H and O–H groups in total. The van der Waals surface area contributed by atoms with E-state index in [4.69, 9.17) is 9.97 Å². The third-order valence-electron chi connectivity index (χ3n) is 9.87. The maximum absolute atomic E-state index is 5.43. The molecule has 9 rings (SSSR count). The fourth-order valence-corrected chi connectivity index (χ4v) is 7.77. The van der Waals surface area contributed by atoms with E-state index in [-0.39, 0.29) is 11.8 Å². The Morgan fingerprint density at radius 3 is 2.09 bits per heavy atom. The summed E-state index contributed by atoms with van der Waals surface area (Å²) in [7, 11) is 0. The molecule has 2 aliphatic rings. The predicted octanol–water partition coefficient (Wildman–Crippen LogP) is 10.9. The lowest BCUT2D eigenvalue weighted by Crippen LogP contribution is -2.15. The van der Waals surface area contributed by atoms with Gasteiger partial charge >= 0.3 is 0 Å². The van der Waals surface area contributed by atoms with E-state index in [1.807, 2.05) is 6.20 Å². The molecule has 7 aromatic rings. The Morgan fingerprint density at radius 2 is 1.31 bits per heavy atom. The van der Waals surface area contributed by atoms with Crippen LogP contribution < -0.4 is 0 Å². The molecule has 0 radical (unpaired) electrons. The molecular weight excluding hydrogens is 546 g/mol. The van der Waals surface area contributed by atoms with E-state index < -0.39 is 0 Å². The van der Waals surface area contributed by atoms with E-state index in [9.17, 15) is 0 Å². The van der Waals surface area contributed by atoms with Crippen LogP contribution in [0, 0.1) is 11.8 Å². The summed E-state index contributed by atoms with van der Waals surface area (Å²) in [6, 6.07) is 33.0. The van der Waals surface area contributed by atoms with E-state index in [1.54, 1.807) is 0 Å². The highest BCUT2D eigenvalue weighted by molar-refractivity contribution is 6.23. The molecule has 2 heterocycles. The average Bonchev–Trinajstić information content (AvgIpc) is 3.42. The Kier molecular flexibility index (Phi) is 5.89. The van der Waals surface area contributed by atoms with Gasteiger partial charge in [0, 0.05) is 39.4 Å². The van der Waals surface area contributed by atoms with Crippen molar-refractivity contribution in [2.75, 3.05) is 0 Å². The second-order valence-corrected chi connectivity index (χ2v) is 12.7. The van der Waals surface area contributed by atoms with Gasteiger partial charge in [0.2, 0.25) is 0 Å². The maximum atomic E-state index is 5.43. The molecule has 0 amide bonds. The van der Waals surface area contributed by atoms with Crippen molar-refractivity contribution >= 4 is 65.7 Å². The SMILES string of the molecule is CC1C=CC=C(n2c3ccccc3c3cc(C4=CC=CC(C)C4c4cnc5c6ccccc6c6ccccc6c5n4)ccc32)C1. The first-order valence-electron chi connectivity index (χ1n) is 16.0. The van der Waals surface area contributed by atoms with Gasteiger partial charge in [-0.15, -0.1) is 0 Å². The lowest BCUT2D eigenvalue weighted by atomic mass is 9.78. The van der Waals surface area contributed by atoms with Gasteiger partial charge in [-0.1, -0.05) is 117 Å². The molecule has 0 saturated carbocycles. The number of hydrogen-bond acceptors (Lipinski definition) is 2. The molecule has 216 valence electrons. The molecule has 3 nitrogen and oxygen atoms in total. The third-order valence-corrected chi connectivity index (χ3v) is 9.87. The largest absolute Gasteiger partial charge is 0.313 e. The lowest BCUT2D eigenvalue weighted by molar-refractivity contribution is 0.634. The minimum Gasteiger partial charge on any atom is -0.313 e. The molecule has 45 heavy (non-hydrogen) atoms. The molecule has 0 saturated heterocycles. The minimum absolute atomic E-state index is 0.0926. The summed E-state index contributed by atoms with van der Waals surface area (Å²) in [5, 5.41) is 7.32. The Labute approximate surface area is 262 Å². The summed E-state index contributed by atoms with van der Waals surface area (Å²) in [5.41, 5.74) is 9.36. The first-order chi connectivity index (χ1) is 22.2. The van der Waals surface area contributed by atoms with Crippen LogP contribution in [0.5, 0.6) is 0 Å². The van der Waals surface area contributed by atoms with Gasteiger partial charge in [0.15, 0.2) is 0 Å². The molecule has 3 unspecified atom stereocenters. The van der Waals surface area contributed by atoms with Gasteiger partial charge in [0.05, 0.1) is 27.8 Å². The van der Waals surface area contributed by atoms with Gasteiger partial charge in [-0.3, -0.25) is 4.98 Å². The third kappa shape index (κ3) is 4.04. The van der Waals surface area contributed by atoms with Crippen LogP contribution in [0.4, 0.5) is 0 Å². The number of hydrogen-bond donors (Lipinski definition) is 0. The number of fused-ring (bicyclic) bond motifs is 9. The van der Waals surface area contributed by atoms with E-state index >= 15 is 0 Å². The lowest BCUT2D eigenvalue weighted by Gasteiger charge is -2.27. The monoisotopic (exact) mass is 579 g/mol. The zero-order valence-electron chi connectivity index (χ0n) is 25.5. The number of benzene rings is 5. The molecule has 3 heteroatoms. The van der Waals surface area contributed by atoms with Gasteiger partial charge in [-0.25, -0.2) is 4.98 Å². The second-order valence-electron chi connectivity index (χ2n) is 12.7. The van der Waals surface area contributed by atoms with E-state index in [0.29, 0.717) is 5.92 Å². The molecule has 0 bridgehead atoms. The van der Waals surface area contributed by atoms with Crippen molar-refractivity contribution in [1.29, 1.82) is 0 Å². The molecule has 0 fully saturated rings. The van der Waals surface area contributed by atoms with Gasteiger partial charge in [-0.05, 0) is 64.4 Å². The van der Waals surface area contributed by atoms with Gasteiger partial charge in [0.25, 0.3) is 0 Å². The standard InChI is InChI=1S/C42H33N3/c1-26-11-9-13-29(23-26)45-38-20-8-7-16-33(38)36-24-28(21-22-39(36)45)30-19-10-12-27(2)40(30)37-25-43-41-34-17-5-3-14-31(34)32-15-4-6-18-35(32)42(41)44-37/h3-22,24-27,40H,23H2,1-2H3. The highest BCUT2D eigenvalue weighted by Crippen LogP contribution is 2.44. The summed E-state index contributed by atoms with van der Waals surface area (Å²) in [6.07, 6.45) is 16.6. The van der Waals surface area contributed by atoms with Gasteiger partial charge in [0.1, 0.15) is 0 Å². The smallest absolute Gasteiger partial charge is 0.0975 e. The summed E-state index contributed by atoms with van der Waals surface area (Å²) < 4.78 is 2.47. The van der Waals surface area contributed by atoms with Crippen molar-refractivity contribution < 1.29 is 0 Å². The van der Waals surface area contributed by atoms with Crippen molar-refractivity contribution in [1.82, 2.24) is 14.5 Å². The zero-order chi connectivity index (χ0) is 30.1. The van der Waals surface area contributed by atoms with Crippen LogP contribution in [0.25, 0.3) is 65.7 Å². The number of para-hydroxylation sites is 1. The Hall–Kier alpha value is -5.28. The first-order valence-corrected chi connectivity index (χ1v) is 16.0. The van der Waals surface area contributed by atoms with Crippen molar-refractivity contribution in [2.24, 2.45) is 11.8 Å². The molecule has 3 atom stereocenters. The van der Waals surface area contributed by atoms with Crippen molar-refractivity contribution in [3.05, 3.63) is 145 Å². The number of rotatable bonds is 3. The molecule has 0 aliphatic heterocycles. The topological polar surface area (TPSA) is 30.7 Å². The van der Waals surface area contributed by atoms with Crippen LogP contribution in [0.3, 0.4) is 0 Å². The fraction of sp³-hybridized carbons (Fsp3) is 0.143.